The molecule has 0 aromatic heterocycles. The van der Waals surface area contributed by atoms with Crippen molar-refractivity contribution >= 4 is 5.97 Å². The van der Waals surface area contributed by atoms with E-state index in [1.807, 2.05) is 0 Å². The van der Waals surface area contributed by atoms with Gasteiger partial charge in [-0.15, -0.1) is 0 Å². The molecule has 0 aromatic carbocycles. The largest absolute Gasteiger partial charge is 0.479 e. The minimum absolute atomic E-state index is 0.0984. The lowest BCUT2D eigenvalue weighted by molar-refractivity contribution is -0.160. The lowest BCUT2D eigenvalue weighted by Crippen LogP contribution is -2.45. The summed E-state index contributed by atoms with van der Waals surface area (Å²) in [6, 6.07) is 0. The van der Waals surface area contributed by atoms with E-state index >= 15 is 0 Å². The van der Waals surface area contributed by atoms with E-state index in [4.69, 9.17) is 9.94 Å². The SMILES string of the molecule is CC(O)(CNOC1CCCC1)C(=O)O. The number of hydrogen-bond acceptors (Lipinski definition) is 4. The third-order valence-corrected chi connectivity index (χ3v) is 2.43. The molecule has 0 aromatic rings. The minimum Gasteiger partial charge on any atom is -0.479 e. The first-order valence-corrected chi connectivity index (χ1v) is 4.86. The highest BCUT2D eigenvalue weighted by atomic mass is 16.7. The Bertz CT molecular complexity index is 199. The van der Waals surface area contributed by atoms with E-state index in [1.165, 1.54) is 6.92 Å². The molecule has 5 heteroatoms. The van der Waals surface area contributed by atoms with Crippen molar-refractivity contribution in [2.75, 3.05) is 6.54 Å². The Morgan fingerprint density at radius 1 is 1.57 bits per heavy atom. The van der Waals surface area contributed by atoms with Gasteiger partial charge in [-0.2, -0.15) is 5.48 Å². The Morgan fingerprint density at radius 2 is 2.14 bits per heavy atom. The fourth-order valence-corrected chi connectivity index (χ4v) is 1.38. The van der Waals surface area contributed by atoms with E-state index < -0.39 is 11.6 Å². The summed E-state index contributed by atoms with van der Waals surface area (Å²) in [4.78, 5) is 15.7. The van der Waals surface area contributed by atoms with Gasteiger partial charge in [0.05, 0.1) is 12.6 Å². The highest BCUT2D eigenvalue weighted by molar-refractivity contribution is 5.76. The van der Waals surface area contributed by atoms with Crippen molar-refractivity contribution in [3.63, 3.8) is 0 Å². The molecule has 1 aliphatic carbocycles. The topological polar surface area (TPSA) is 78.8 Å². The van der Waals surface area contributed by atoms with Crippen LogP contribution >= 0.6 is 0 Å². The van der Waals surface area contributed by atoms with Gasteiger partial charge in [0.2, 0.25) is 0 Å². The van der Waals surface area contributed by atoms with Crippen molar-refractivity contribution in [3.8, 4) is 0 Å². The van der Waals surface area contributed by atoms with Gasteiger partial charge in [0.15, 0.2) is 5.60 Å². The fraction of sp³-hybridized carbons (Fsp3) is 0.889. The molecule has 1 aliphatic rings. The molecule has 1 rings (SSSR count). The maximum atomic E-state index is 10.5. The van der Waals surface area contributed by atoms with Crippen LogP contribution in [0.2, 0.25) is 0 Å². The third-order valence-electron chi connectivity index (χ3n) is 2.43. The zero-order valence-corrected chi connectivity index (χ0v) is 8.32. The second kappa shape index (κ2) is 4.72. The van der Waals surface area contributed by atoms with E-state index in [9.17, 15) is 9.90 Å². The number of aliphatic hydroxyl groups is 1. The number of aliphatic carboxylic acids is 1. The molecule has 1 fully saturated rings. The Balaban J connectivity index is 2.16. The van der Waals surface area contributed by atoms with Crippen LogP contribution in [0.25, 0.3) is 0 Å². The average Bonchev–Trinajstić information content (AvgIpc) is 2.56. The second-order valence-electron chi connectivity index (χ2n) is 3.92. The van der Waals surface area contributed by atoms with Gasteiger partial charge in [-0.05, 0) is 19.8 Å². The van der Waals surface area contributed by atoms with Gasteiger partial charge in [0, 0.05) is 0 Å². The predicted octanol–water partition coefficient (Wildman–Crippen LogP) is 0.286. The van der Waals surface area contributed by atoms with Crippen LogP contribution in [0, 0.1) is 0 Å². The molecular formula is C9H17NO4. The van der Waals surface area contributed by atoms with Crippen molar-refractivity contribution in [1.82, 2.24) is 5.48 Å². The van der Waals surface area contributed by atoms with E-state index in [-0.39, 0.29) is 12.6 Å². The Morgan fingerprint density at radius 3 is 2.64 bits per heavy atom. The van der Waals surface area contributed by atoms with E-state index in [1.54, 1.807) is 0 Å². The fourth-order valence-electron chi connectivity index (χ4n) is 1.38. The molecular weight excluding hydrogens is 186 g/mol. The first kappa shape index (κ1) is 11.4. The van der Waals surface area contributed by atoms with Crippen LogP contribution in [-0.2, 0) is 9.63 Å². The highest BCUT2D eigenvalue weighted by Gasteiger charge is 2.30. The van der Waals surface area contributed by atoms with E-state index in [0.717, 1.165) is 25.7 Å². The van der Waals surface area contributed by atoms with Gasteiger partial charge >= 0.3 is 5.97 Å². The average molecular weight is 203 g/mol. The summed E-state index contributed by atoms with van der Waals surface area (Å²) in [5.41, 5.74) is 0.753. The predicted molar refractivity (Wildman–Crippen MR) is 49.6 cm³/mol. The maximum absolute atomic E-state index is 10.5. The molecule has 1 atom stereocenters. The minimum atomic E-state index is -1.77. The Hall–Kier alpha value is -0.650. The summed E-state index contributed by atoms with van der Waals surface area (Å²) < 4.78 is 0. The summed E-state index contributed by atoms with van der Waals surface area (Å²) in [5, 5.41) is 17.9. The molecule has 0 aliphatic heterocycles. The maximum Gasteiger partial charge on any atom is 0.336 e. The van der Waals surface area contributed by atoms with Crippen molar-refractivity contribution < 1.29 is 19.8 Å². The molecule has 0 saturated heterocycles. The normalized spacial score (nSPS) is 22.1. The van der Waals surface area contributed by atoms with E-state index in [0.29, 0.717) is 0 Å². The van der Waals surface area contributed by atoms with Crippen LogP contribution in [0.1, 0.15) is 32.6 Å². The van der Waals surface area contributed by atoms with Crippen LogP contribution in [0.5, 0.6) is 0 Å². The Kier molecular flexibility index (Phi) is 3.86. The van der Waals surface area contributed by atoms with Gasteiger partial charge in [-0.1, -0.05) is 12.8 Å². The number of hydrogen-bond donors (Lipinski definition) is 3. The Labute approximate surface area is 83.0 Å². The molecule has 0 bridgehead atoms. The van der Waals surface area contributed by atoms with Gasteiger partial charge in [0.25, 0.3) is 0 Å². The smallest absolute Gasteiger partial charge is 0.336 e. The standard InChI is InChI=1S/C9H17NO4/c1-9(13,8(11)12)6-10-14-7-4-2-3-5-7/h7,10,13H,2-6H2,1H3,(H,11,12). The van der Waals surface area contributed by atoms with Gasteiger partial charge < -0.3 is 10.2 Å². The molecule has 0 heterocycles. The van der Waals surface area contributed by atoms with Gasteiger partial charge in [-0.25, -0.2) is 4.79 Å². The molecule has 82 valence electrons. The lowest BCUT2D eigenvalue weighted by Gasteiger charge is -2.19. The summed E-state index contributed by atoms with van der Waals surface area (Å²) >= 11 is 0. The zero-order valence-electron chi connectivity index (χ0n) is 8.32. The van der Waals surface area contributed by atoms with Gasteiger partial charge in [0.1, 0.15) is 0 Å². The van der Waals surface area contributed by atoms with Crippen LogP contribution in [0.4, 0.5) is 0 Å². The third kappa shape index (κ3) is 3.25. The number of hydroxylamine groups is 1. The summed E-state index contributed by atoms with van der Waals surface area (Å²) in [5.74, 6) is -1.25. The molecule has 1 unspecified atom stereocenters. The summed E-state index contributed by atoms with van der Waals surface area (Å²) in [7, 11) is 0. The monoisotopic (exact) mass is 203 g/mol. The molecule has 5 nitrogen and oxygen atoms in total. The van der Waals surface area contributed by atoms with E-state index in [2.05, 4.69) is 5.48 Å². The molecule has 0 amide bonds. The van der Waals surface area contributed by atoms with Crippen LogP contribution in [0.15, 0.2) is 0 Å². The van der Waals surface area contributed by atoms with Crippen molar-refractivity contribution in [2.45, 2.75) is 44.3 Å². The molecule has 3 N–H and O–H groups in total. The van der Waals surface area contributed by atoms with Crippen molar-refractivity contribution in [1.29, 1.82) is 0 Å². The number of rotatable bonds is 5. The molecule has 14 heavy (non-hydrogen) atoms. The van der Waals surface area contributed by atoms with Crippen LogP contribution in [0.3, 0.4) is 0 Å². The molecule has 0 spiro atoms. The quantitative estimate of drug-likeness (QED) is 0.559. The number of carboxylic acids is 1. The van der Waals surface area contributed by atoms with Crippen LogP contribution in [-0.4, -0.2) is 34.4 Å². The molecule has 0 radical (unpaired) electrons. The number of nitrogens with one attached hydrogen (secondary N) is 1. The van der Waals surface area contributed by atoms with Gasteiger partial charge in [-0.3, -0.25) is 4.84 Å². The first-order valence-electron chi connectivity index (χ1n) is 4.86. The summed E-state index contributed by atoms with van der Waals surface area (Å²) in [6.07, 6.45) is 4.48. The summed E-state index contributed by atoms with van der Waals surface area (Å²) in [6.45, 7) is 1.14. The lowest BCUT2D eigenvalue weighted by atomic mass is 10.1. The van der Waals surface area contributed by atoms with Crippen molar-refractivity contribution in [2.24, 2.45) is 0 Å². The molecule has 1 saturated carbocycles. The van der Waals surface area contributed by atoms with Crippen LogP contribution < -0.4 is 5.48 Å². The number of carboxylic acid groups (broad SMARTS) is 1. The highest BCUT2D eigenvalue weighted by Crippen LogP contribution is 2.19. The second-order valence-corrected chi connectivity index (χ2v) is 3.92. The zero-order chi connectivity index (χ0) is 10.6. The first-order chi connectivity index (χ1) is 6.52. The number of carbonyl (C=O) groups is 1. The van der Waals surface area contributed by atoms with Crippen molar-refractivity contribution in [3.05, 3.63) is 0 Å².